The molecular formula is C21H19ClN2O2S. The molecule has 0 spiro atoms. The van der Waals surface area contributed by atoms with E-state index in [1.54, 1.807) is 18.3 Å². The predicted molar refractivity (Wildman–Crippen MR) is 113 cm³/mol. The van der Waals surface area contributed by atoms with Gasteiger partial charge in [-0.15, -0.1) is 11.8 Å². The lowest BCUT2D eigenvalue weighted by atomic mass is 10.0. The molecule has 0 atom stereocenters. The molecule has 27 heavy (non-hydrogen) atoms. The van der Waals surface area contributed by atoms with E-state index in [2.05, 4.69) is 10.5 Å². The topological polar surface area (TPSA) is 50.7 Å². The molecule has 0 radical (unpaired) electrons. The Hall–Kier alpha value is -2.50. The van der Waals surface area contributed by atoms with Crippen LogP contribution in [0, 0.1) is 0 Å². The van der Waals surface area contributed by atoms with Gasteiger partial charge >= 0.3 is 0 Å². The van der Waals surface area contributed by atoms with Crippen LogP contribution in [0.15, 0.2) is 70.7 Å². The summed E-state index contributed by atoms with van der Waals surface area (Å²) in [5.41, 5.74) is 3.42. The molecule has 0 saturated heterocycles. The predicted octanol–water partition coefficient (Wildman–Crippen LogP) is 5.13. The lowest BCUT2D eigenvalue weighted by molar-refractivity contribution is -0.118. The Kier molecular flexibility index (Phi) is 6.74. The minimum atomic E-state index is -0.176. The summed E-state index contributed by atoms with van der Waals surface area (Å²) in [5, 5.41) is 6.91. The largest absolute Gasteiger partial charge is 0.493 e. The van der Waals surface area contributed by atoms with Crippen LogP contribution in [0.5, 0.6) is 5.75 Å². The Bertz CT molecular complexity index is 958. The minimum Gasteiger partial charge on any atom is -0.493 e. The number of hydrazone groups is 1. The Balaban J connectivity index is 1.67. The molecule has 0 heterocycles. The maximum absolute atomic E-state index is 12.0. The summed E-state index contributed by atoms with van der Waals surface area (Å²) < 4.78 is 5.70. The Morgan fingerprint density at radius 2 is 1.93 bits per heavy atom. The van der Waals surface area contributed by atoms with Crippen molar-refractivity contribution in [2.45, 2.75) is 11.8 Å². The van der Waals surface area contributed by atoms with Crippen molar-refractivity contribution in [2.24, 2.45) is 5.10 Å². The maximum Gasteiger partial charge on any atom is 0.250 e. The van der Waals surface area contributed by atoms with Gasteiger partial charge in [-0.2, -0.15) is 5.10 Å². The third-order valence-corrected chi connectivity index (χ3v) is 5.06. The van der Waals surface area contributed by atoms with Crippen molar-refractivity contribution in [2.75, 3.05) is 12.4 Å². The van der Waals surface area contributed by atoms with E-state index in [0.717, 1.165) is 27.0 Å². The highest BCUT2D eigenvalue weighted by molar-refractivity contribution is 8.00. The number of ether oxygens (including phenoxy) is 1. The van der Waals surface area contributed by atoms with E-state index in [0.29, 0.717) is 11.6 Å². The summed E-state index contributed by atoms with van der Waals surface area (Å²) in [7, 11) is 0. The second-order valence-electron chi connectivity index (χ2n) is 5.67. The fourth-order valence-corrected chi connectivity index (χ4v) is 3.39. The van der Waals surface area contributed by atoms with Gasteiger partial charge in [0, 0.05) is 15.5 Å². The van der Waals surface area contributed by atoms with Gasteiger partial charge < -0.3 is 4.74 Å². The molecule has 1 N–H and O–H groups in total. The molecule has 0 saturated carbocycles. The first-order chi connectivity index (χ1) is 13.2. The lowest BCUT2D eigenvalue weighted by Gasteiger charge is -2.10. The van der Waals surface area contributed by atoms with Crippen molar-refractivity contribution < 1.29 is 9.53 Å². The highest BCUT2D eigenvalue weighted by atomic mass is 35.5. The van der Waals surface area contributed by atoms with Gasteiger partial charge in [0.1, 0.15) is 5.75 Å². The van der Waals surface area contributed by atoms with Gasteiger partial charge in [-0.3, -0.25) is 4.79 Å². The van der Waals surface area contributed by atoms with E-state index in [1.807, 2.05) is 55.5 Å². The van der Waals surface area contributed by atoms with Crippen LogP contribution in [0.4, 0.5) is 0 Å². The smallest absolute Gasteiger partial charge is 0.250 e. The first-order valence-electron chi connectivity index (χ1n) is 8.52. The number of amides is 1. The van der Waals surface area contributed by atoms with Crippen LogP contribution >= 0.6 is 23.4 Å². The molecule has 4 nitrogen and oxygen atoms in total. The van der Waals surface area contributed by atoms with Gasteiger partial charge in [0.25, 0.3) is 0 Å². The average molecular weight is 399 g/mol. The van der Waals surface area contributed by atoms with Crippen molar-refractivity contribution in [1.82, 2.24) is 5.43 Å². The molecule has 0 aliphatic carbocycles. The molecule has 6 heteroatoms. The molecule has 3 rings (SSSR count). The highest BCUT2D eigenvalue weighted by Gasteiger charge is 2.07. The van der Waals surface area contributed by atoms with Gasteiger partial charge in [0.05, 0.1) is 18.6 Å². The highest BCUT2D eigenvalue weighted by Crippen LogP contribution is 2.26. The quantitative estimate of drug-likeness (QED) is 0.341. The van der Waals surface area contributed by atoms with Crippen LogP contribution in [0.1, 0.15) is 12.5 Å². The summed E-state index contributed by atoms with van der Waals surface area (Å²) in [4.78, 5) is 13.0. The molecule has 3 aromatic carbocycles. The van der Waals surface area contributed by atoms with Crippen LogP contribution in [0.2, 0.25) is 5.02 Å². The Labute approximate surface area is 167 Å². The van der Waals surface area contributed by atoms with Crippen LogP contribution in [0.3, 0.4) is 0 Å². The van der Waals surface area contributed by atoms with Crippen molar-refractivity contribution in [3.8, 4) is 5.75 Å². The van der Waals surface area contributed by atoms with Crippen LogP contribution in [0.25, 0.3) is 10.8 Å². The standard InChI is InChI=1S/C21H19ClN2O2S/c1-2-26-20-12-7-15-5-3-4-6-18(15)19(20)13-23-24-21(25)14-27-17-10-8-16(22)9-11-17/h3-13H,2,14H2,1H3,(H,24,25)/b23-13-. The molecule has 0 bridgehead atoms. The fourth-order valence-electron chi connectivity index (χ4n) is 2.57. The summed E-state index contributed by atoms with van der Waals surface area (Å²) in [6.07, 6.45) is 1.64. The normalized spacial score (nSPS) is 11.0. The van der Waals surface area contributed by atoms with E-state index < -0.39 is 0 Å². The van der Waals surface area contributed by atoms with Gasteiger partial charge in [-0.05, 0) is 48.0 Å². The lowest BCUT2D eigenvalue weighted by Crippen LogP contribution is -2.19. The van der Waals surface area contributed by atoms with Crippen molar-refractivity contribution in [3.63, 3.8) is 0 Å². The summed E-state index contributed by atoms with van der Waals surface area (Å²) in [6, 6.07) is 19.3. The zero-order valence-corrected chi connectivity index (χ0v) is 16.4. The number of carbonyl (C=O) groups excluding carboxylic acids is 1. The average Bonchev–Trinajstić information content (AvgIpc) is 2.69. The van der Waals surface area contributed by atoms with E-state index in [1.165, 1.54) is 11.8 Å². The second kappa shape index (κ2) is 9.44. The van der Waals surface area contributed by atoms with E-state index in [-0.39, 0.29) is 11.7 Å². The van der Waals surface area contributed by atoms with Crippen LogP contribution in [-0.4, -0.2) is 24.5 Å². The molecule has 0 aromatic heterocycles. The fraction of sp³-hybridized carbons (Fsp3) is 0.143. The number of rotatable bonds is 7. The van der Waals surface area contributed by atoms with Gasteiger partial charge in [0.2, 0.25) is 5.91 Å². The molecule has 0 fully saturated rings. The molecule has 0 unspecified atom stereocenters. The number of hydrogen-bond acceptors (Lipinski definition) is 4. The number of nitrogens with zero attached hydrogens (tertiary/aromatic N) is 1. The number of fused-ring (bicyclic) bond motifs is 1. The number of halogens is 1. The SMILES string of the molecule is CCOc1ccc2ccccc2c1/C=N\NC(=O)CSc1ccc(Cl)cc1. The number of benzene rings is 3. The number of hydrogen-bond donors (Lipinski definition) is 1. The molecule has 0 aliphatic heterocycles. The summed E-state index contributed by atoms with van der Waals surface area (Å²) in [5.74, 6) is 0.835. The van der Waals surface area contributed by atoms with E-state index >= 15 is 0 Å². The minimum absolute atomic E-state index is 0.176. The third kappa shape index (κ3) is 5.25. The first-order valence-corrected chi connectivity index (χ1v) is 9.88. The molecular weight excluding hydrogens is 380 g/mol. The van der Waals surface area contributed by atoms with Crippen molar-refractivity contribution >= 4 is 46.3 Å². The van der Waals surface area contributed by atoms with Gasteiger partial charge in [-0.1, -0.05) is 41.9 Å². The molecule has 138 valence electrons. The summed E-state index contributed by atoms with van der Waals surface area (Å²) in [6.45, 7) is 2.50. The Morgan fingerprint density at radius 1 is 1.15 bits per heavy atom. The molecule has 3 aromatic rings. The number of thioether (sulfide) groups is 1. The zero-order chi connectivity index (χ0) is 19.1. The van der Waals surface area contributed by atoms with Crippen LogP contribution in [-0.2, 0) is 4.79 Å². The maximum atomic E-state index is 12.0. The van der Waals surface area contributed by atoms with Gasteiger partial charge in [0.15, 0.2) is 0 Å². The van der Waals surface area contributed by atoms with Crippen molar-refractivity contribution in [3.05, 3.63) is 71.2 Å². The second-order valence-corrected chi connectivity index (χ2v) is 7.15. The summed E-state index contributed by atoms with van der Waals surface area (Å²) >= 11 is 7.29. The zero-order valence-electron chi connectivity index (χ0n) is 14.8. The number of nitrogens with one attached hydrogen (secondary N) is 1. The van der Waals surface area contributed by atoms with Crippen molar-refractivity contribution in [1.29, 1.82) is 0 Å². The van der Waals surface area contributed by atoms with Crippen LogP contribution < -0.4 is 10.2 Å². The molecule has 0 aliphatic rings. The third-order valence-electron chi connectivity index (χ3n) is 3.80. The van der Waals surface area contributed by atoms with E-state index in [4.69, 9.17) is 16.3 Å². The monoisotopic (exact) mass is 398 g/mol. The van der Waals surface area contributed by atoms with E-state index in [9.17, 15) is 4.79 Å². The number of carbonyl (C=O) groups is 1. The Morgan fingerprint density at radius 3 is 2.70 bits per heavy atom. The first kappa shape index (κ1) is 19.3. The van der Waals surface area contributed by atoms with Gasteiger partial charge in [-0.25, -0.2) is 5.43 Å². The molecule has 1 amide bonds.